The normalized spacial score (nSPS) is 42.2. The van der Waals surface area contributed by atoms with Crippen LogP contribution in [-0.4, -0.2) is 110 Å². The Labute approximate surface area is 206 Å². The van der Waals surface area contributed by atoms with Gasteiger partial charge in [0.05, 0.1) is 24.9 Å². The van der Waals surface area contributed by atoms with Gasteiger partial charge in [-0.2, -0.15) is 0 Å². The first-order valence-electron chi connectivity index (χ1n) is 11.4. The zero-order chi connectivity index (χ0) is 26.0. The summed E-state index contributed by atoms with van der Waals surface area (Å²) in [4.78, 5) is 12.3. The number of aliphatic hydroxyl groups excluding tert-OH is 6. The smallest absolute Gasteiger partial charge is 0.330 e. The number of aliphatic hydroxyl groups is 7. The molecule has 7 N–H and O–H groups in total. The van der Waals surface area contributed by atoms with Crippen LogP contribution < -0.4 is 0 Å². The summed E-state index contributed by atoms with van der Waals surface area (Å²) in [5.41, 5.74) is -1.49. The molecule has 1 saturated heterocycles. The van der Waals surface area contributed by atoms with Crippen molar-refractivity contribution in [1.29, 1.82) is 0 Å². The van der Waals surface area contributed by atoms with Crippen molar-refractivity contribution in [2.75, 3.05) is 13.2 Å². The van der Waals surface area contributed by atoms with Gasteiger partial charge in [-0.05, 0) is 17.7 Å². The van der Waals surface area contributed by atoms with Crippen LogP contribution in [0.4, 0.5) is 0 Å². The van der Waals surface area contributed by atoms with Gasteiger partial charge < -0.3 is 54.7 Å². The second kappa shape index (κ2) is 10.9. The number of carbonyl (C=O) groups is 1. The molecule has 1 saturated carbocycles. The lowest BCUT2D eigenvalue weighted by atomic mass is 9.83. The van der Waals surface area contributed by atoms with E-state index >= 15 is 0 Å². The Morgan fingerprint density at radius 2 is 1.72 bits per heavy atom. The van der Waals surface area contributed by atoms with Crippen LogP contribution in [0.5, 0.6) is 0 Å². The van der Waals surface area contributed by atoms with E-state index in [0.717, 1.165) is 11.6 Å². The van der Waals surface area contributed by atoms with Gasteiger partial charge in [0.15, 0.2) is 6.29 Å². The Balaban J connectivity index is 1.49. The first-order valence-corrected chi connectivity index (χ1v) is 11.4. The molecule has 2 heterocycles. The van der Waals surface area contributed by atoms with E-state index in [9.17, 15) is 40.5 Å². The fourth-order valence-electron chi connectivity index (χ4n) is 4.77. The molecule has 0 radical (unpaired) electrons. The van der Waals surface area contributed by atoms with Crippen LogP contribution in [0.1, 0.15) is 5.56 Å². The monoisotopic (exact) mass is 510 g/mol. The van der Waals surface area contributed by atoms with Crippen molar-refractivity contribution in [2.24, 2.45) is 11.8 Å². The number of rotatable bonds is 7. The molecule has 4 rings (SSSR count). The lowest BCUT2D eigenvalue weighted by Gasteiger charge is -2.44. The van der Waals surface area contributed by atoms with Crippen molar-refractivity contribution in [3.05, 3.63) is 54.3 Å². The van der Waals surface area contributed by atoms with E-state index in [1.807, 2.05) is 6.07 Å². The van der Waals surface area contributed by atoms with Crippen LogP contribution in [0.15, 0.2) is 48.7 Å². The molecular weight excluding hydrogens is 480 g/mol. The Morgan fingerprint density at radius 3 is 2.42 bits per heavy atom. The summed E-state index contributed by atoms with van der Waals surface area (Å²) in [6.07, 6.45) is -7.38. The van der Waals surface area contributed by atoms with Gasteiger partial charge in [0.1, 0.15) is 42.7 Å². The fraction of sp³-hybridized carbons (Fsp3) is 0.542. The number of hydrogen-bond donors (Lipinski definition) is 7. The highest BCUT2D eigenvalue weighted by Gasteiger charge is 2.64. The molecule has 1 aromatic carbocycles. The topological polar surface area (TPSA) is 196 Å². The Bertz CT molecular complexity index is 952. The molecule has 1 aliphatic carbocycles. The van der Waals surface area contributed by atoms with Gasteiger partial charge in [-0.15, -0.1) is 0 Å². The standard InChI is InChI=1S/C24H30O12/c25-10-14-18(28)19(29)20(30)23(35-14)36-22-16-13(8-9-33-22)17(27)21(31)24(16,32)11-34-15(26)7-6-12-4-2-1-3-5-12/h1-9,13-14,16-23,25,27-32H,10-11H2/b7-6+/t13-,14-,16-,17+,18-,19+,20-,21-,22+,23+,24-/m1/s1. The Hall–Kier alpha value is -2.39. The van der Waals surface area contributed by atoms with Crippen LogP contribution in [0.3, 0.4) is 0 Å². The van der Waals surface area contributed by atoms with Gasteiger partial charge in [-0.1, -0.05) is 30.3 Å². The highest BCUT2D eigenvalue weighted by atomic mass is 16.8. The third-order valence-corrected chi connectivity index (χ3v) is 6.80. The van der Waals surface area contributed by atoms with Crippen LogP contribution in [-0.2, 0) is 23.7 Å². The number of benzene rings is 1. The molecule has 0 amide bonds. The molecule has 0 bridgehead atoms. The van der Waals surface area contributed by atoms with Gasteiger partial charge in [-0.3, -0.25) is 0 Å². The molecule has 36 heavy (non-hydrogen) atoms. The number of ether oxygens (including phenoxy) is 4. The van der Waals surface area contributed by atoms with Crippen molar-refractivity contribution in [3.8, 4) is 0 Å². The summed E-state index contributed by atoms with van der Waals surface area (Å²) in [7, 11) is 0. The highest BCUT2D eigenvalue weighted by molar-refractivity contribution is 5.87. The summed E-state index contributed by atoms with van der Waals surface area (Å²) >= 11 is 0. The molecule has 0 spiro atoms. The van der Waals surface area contributed by atoms with E-state index in [-0.39, 0.29) is 0 Å². The average Bonchev–Trinajstić information content (AvgIpc) is 3.09. The first kappa shape index (κ1) is 26.7. The summed E-state index contributed by atoms with van der Waals surface area (Å²) in [6, 6.07) is 8.93. The summed E-state index contributed by atoms with van der Waals surface area (Å²) in [5.74, 6) is -2.91. The van der Waals surface area contributed by atoms with Crippen molar-refractivity contribution in [1.82, 2.24) is 0 Å². The van der Waals surface area contributed by atoms with Gasteiger partial charge in [0, 0.05) is 12.0 Å². The highest BCUT2D eigenvalue weighted by Crippen LogP contribution is 2.47. The molecule has 1 aromatic rings. The molecular formula is C24H30O12. The fourth-order valence-corrected chi connectivity index (χ4v) is 4.77. The van der Waals surface area contributed by atoms with Gasteiger partial charge >= 0.3 is 5.97 Å². The molecule has 0 aromatic heterocycles. The van der Waals surface area contributed by atoms with E-state index < -0.39 is 85.8 Å². The predicted molar refractivity (Wildman–Crippen MR) is 119 cm³/mol. The van der Waals surface area contributed by atoms with Crippen LogP contribution in [0.2, 0.25) is 0 Å². The molecule has 198 valence electrons. The summed E-state index contributed by atoms with van der Waals surface area (Å²) in [6.45, 7) is -1.41. The van der Waals surface area contributed by atoms with Gasteiger partial charge in [-0.25, -0.2) is 4.79 Å². The minimum Gasteiger partial charge on any atom is -0.472 e. The number of hydrogen-bond acceptors (Lipinski definition) is 12. The predicted octanol–water partition coefficient (Wildman–Crippen LogP) is -2.37. The lowest BCUT2D eigenvalue weighted by molar-refractivity contribution is -0.348. The van der Waals surface area contributed by atoms with Gasteiger partial charge in [0.25, 0.3) is 0 Å². The van der Waals surface area contributed by atoms with Crippen molar-refractivity contribution in [2.45, 2.75) is 54.8 Å². The quantitative estimate of drug-likeness (QED) is 0.152. The number of fused-ring (bicyclic) bond motifs is 1. The van der Waals surface area contributed by atoms with E-state index in [1.165, 1.54) is 18.4 Å². The van der Waals surface area contributed by atoms with E-state index in [2.05, 4.69) is 0 Å². The van der Waals surface area contributed by atoms with Crippen LogP contribution in [0.25, 0.3) is 6.08 Å². The minimum atomic E-state index is -2.23. The maximum atomic E-state index is 12.3. The molecule has 12 heteroatoms. The zero-order valence-corrected chi connectivity index (χ0v) is 19.1. The molecule has 12 nitrogen and oxygen atoms in total. The van der Waals surface area contributed by atoms with E-state index in [4.69, 9.17) is 18.9 Å². The molecule has 2 aliphatic heterocycles. The first-order chi connectivity index (χ1) is 17.2. The number of carbonyl (C=O) groups excluding carboxylic acids is 1. The number of esters is 1. The summed E-state index contributed by atoms with van der Waals surface area (Å²) in [5, 5.41) is 72.3. The van der Waals surface area contributed by atoms with E-state index in [0.29, 0.717) is 0 Å². The summed E-state index contributed by atoms with van der Waals surface area (Å²) < 4.78 is 21.6. The third-order valence-electron chi connectivity index (χ3n) is 6.80. The maximum Gasteiger partial charge on any atom is 0.330 e. The lowest BCUT2D eigenvalue weighted by Crippen LogP contribution is -2.61. The van der Waals surface area contributed by atoms with Crippen LogP contribution in [0, 0.1) is 11.8 Å². The van der Waals surface area contributed by atoms with Gasteiger partial charge in [0.2, 0.25) is 6.29 Å². The molecule has 2 fully saturated rings. The molecule has 3 aliphatic rings. The third kappa shape index (κ3) is 5.05. The Kier molecular flexibility index (Phi) is 8.09. The molecule has 11 atom stereocenters. The van der Waals surface area contributed by atoms with Crippen molar-refractivity contribution < 1.29 is 59.5 Å². The van der Waals surface area contributed by atoms with Crippen molar-refractivity contribution >= 4 is 12.0 Å². The minimum absolute atomic E-state index is 0.684. The average molecular weight is 510 g/mol. The van der Waals surface area contributed by atoms with Crippen molar-refractivity contribution in [3.63, 3.8) is 0 Å². The maximum absolute atomic E-state index is 12.3. The Morgan fingerprint density at radius 1 is 1.00 bits per heavy atom. The SMILES string of the molecule is O=C(/C=C/c1ccccc1)OC[C@@]1(O)[C@H]2[C@H](O[C@@H]3O[C@H](CO)[C@@H](O)[C@H](O)[C@H]3O)OC=C[C@H]2[C@H](O)[C@H]1O. The second-order valence-corrected chi connectivity index (χ2v) is 9.05. The van der Waals surface area contributed by atoms with Crippen LogP contribution >= 0.6 is 0 Å². The second-order valence-electron chi connectivity index (χ2n) is 9.05. The van der Waals surface area contributed by atoms with E-state index in [1.54, 1.807) is 24.3 Å². The zero-order valence-electron chi connectivity index (χ0n) is 19.1. The largest absolute Gasteiger partial charge is 0.472 e. The molecule has 0 unspecified atom stereocenters.